The van der Waals surface area contributed by atoms with E-state index in [-0.39, 0.29) is 0 Å². The smallest absolute Gasteiger partial charge is 0.128 e. The SMILES string of the molecule is C=Cc1cc(N)nc(C)n1. The van der Waals surface area contributed by atoms with Gasteiger partial charge in [0.05, 0.1) is 5.69 Å². The number of hydrogen-bond donors (Lipinski definition) is 1. The summed E-state index contributed by atoms with van der Waals surface area (Å²) < 4.78 is 0. The van der Waals surface area contributed by atoms with E-state index in [1.165, 1.54) is 0 Å². The van der Waals surface area contributed by atoms with Crippen LogP contribution < -0.4 is 5.73 Å². The Balaban J connectivity index is 3.18. The predicted molar refractivity (Wildman–Crippen MR) is 41.3 cm³/mol. The molecule has 2 N–H and O–H groups in total. The summed E-state index contributed by atoms with van der Waals surface area (Å²) in [5.41, 5.74) is 6.20. The van der Waals surface area contributed by atoms with Gasteiger partial charge >= 0.3 is 0 Å². The number of hydrogen-bond acceptors (Lipinski definition) is 3. The monoisotopic (exact) mass is 135 g/mol. The third-order valence-corrected chi connectivity index (χ3v) is 1.09. The highest BCUT2D eigenvalue weighted by atomic mass is 14.9. The van der Waals surface area contributed by atoms with Crippen LogP contribution in [0.15, 0.2) is 12.6 Å². The van der Waals surface area contributed by atoms with Crippen molar-refractivity contribution in [1.29, 1.82) is 0 Å². The molecular formula is C7H9N3. The first-order chi connectivity index (χ1) is 4.72. The number of rotatable bonds is 1. The van der Waals surface area contributed by atoms with Gasteiger partial charge in [-0.2, -0.15) is 0 Å². The molecule has 1 aromatic rings. The summed E-state index contributed by atoms with van der Waals surface area (Å²) in [4.78, 5) is 7.94. The van der Waals surface area contributed by atoms with Crippen molar-refractivity contribution in [3.05, 3.63) is 24.2 Å². The van der Waals surface area contributed by atoms with Gasteiger partial charge in [-0.15, -0.1) is 0 Å². The topological polar surface area (TPSA) is 51.8 Å². The molecule has 0 aliphatic rings. The second-order valence-electron chi connectivity index (χ2n) is 1.97. The Morgan fingerprint density at radius 2 is 2.30 bits per heavy atom. The molecule has 1 rings (SSSR count). The molecule has 0 saturated carbocycles. The summed E-state index contributed by atoms with van der Waals surface area (Å²) in [6, 6.07) is 1.68. The van der Waals surface area contributed by atoms with E-state index in [0.717, 1.165) is 5.69 Å². The number of aryl methyl sites for hydroxylation is 1. The van der Waals surface area contributed by atoms with Crippen molar-refractivity contribution in [2.75, 3.05) is 5.73 Å². The lowest BCUT2D eigenvalue weighted by atomic mass is 10.4. The van der Waals surface area contributed by atoms with Crippen molar-refractivity contribution in [3.63, 3.8) is 0 Å². The molecule has 0 saturated heterocycles. The first-order valence-corrected chi connectivity index (χ1v) is 2.96. The molecule has 0 bridgehead atoms. The van der Waals surface area contributed by atoms with Gasteiger partial charge in [0.15, 0.2) is 0 Å². The minimum atomic E-state index is 0.488. The fourth-order valence-corrected chi connectivity index (χ4v) is 0.719. The molecule has 1 aromatic heterocycles. The summed E-state index contributed by atoms with van der Waals surface area (Å²) in [6.07, 6.45) is 1.64. The Morgan fingerprint density at radius 1 is 1.60 bits per heavy atom. The first kappa shape index (κ1) is 6.74. The molecule has 52 valence electrons. The molecule has 3 nitrogen and oxygen atoms in total. The quantitative estimate of drug-likeness (QED) is 0.625. The molecule has 10 heavy (non-hydrogen) atoms. The van der Waals surface area contributed by atoms with Crippen LogP contribution in [0.2, 0.25) is 0 Å². The zero-order chi connectivity index (χ0) is 7.56. The fourth-order valence-electron chi connectivity index (χ4n) is 0.719. The third kappa shape index (κ3) is 1.31. The van der Waals surface area contributed by atoms with Crippen molar-refractivity contribution in [1.82, 2.24) is 9.97 Å². The Morgan fingerprint density at radius 3 is 2.80 bits per heavy atom. The van der Waals surface area contributed by atoms with E-state index in [4.69, 9.17) is 5.73 Å². The minimum absolute atomic E-state index is 0.488. The second kappa shape index (κ2) is 2.47. The van der Waals surface area contributed by atoms with Gasteiger partial charge in [-0.05, 0) is 13.0 Å². The summed E-state index contributed by atoms with van der Waals surface area (Å²) in [5.74, 6) is 1.16. The Labute approximate surface area is 59.6 Å². The molecule has 0 aliphatic heterocycles. The lowest BCUT2D eigenvalue weighted by Gasteiger charge is -1.96. The number of nitrogens with two attached hydrogens (primary N) is 1. The van der Waals surface area contributed by atoms with E-state index in [9.17, 15) is 0 Å². The van der Waals surface area contributed by atoms with E-state index in [2.05, 4.69) is 16.5 Å². The standard InChI is InChI=1S/C7H9N3/c1-3-6-4-7(8)10-5(2)9-6/h3-4H,1H2,2H3,(H2,8,9,10). The average molecular weight is 135 g/mol. The van der Waals surface area contributed by atoms with E-state index in [1.807, 2.05) is 0 Å². The number of anilines is 1. The van der Waals surface area contributed by atoms with Crippen molar-refractivity contribution in [2.24, 2.45) is 0 Å². The van der Waals surface area contributed by atoms with Gasteiger partial charge in [0.25, 0.3) is 0 Å². The van der Waals surface area contributed by atoms with Gasteiger partial charge in [0.1, 0.15) is 11.6 Å². The van der Waals surface area contributed by atoms with Crippen LogP contribution in [0.4, 0.5) is 5.82 Å². The lowest BCUT2D eigenvalue weighted by Crippen LogP contribution is -1.96. The predicted octanol–water partition coefficient (Wildman–Crippen LogP) is 1.01. The fraction of sp³-hybridized carbons (Fsp3) is 0.143. The average Bonchev–Trinajstić information content (AvgIpc) is 1.85. The van der Waals surface area contributed by atoms with Crippen LogP contribution in [0, 0.1) is 6.92 Å². The molecule has 0 aliphatic carbocycles. The second-order valence-corrected chi connectivity index (χ2v) is 1.97. The third-order valence-electron chi connectivity index (χ3n) is 1.09. The summed E-state index contributed by atoms with van der Waals surface area (Å²) in [7, 11) is 0. The first-order valence-electron chi connectivity index (χ1n) is 2.96. The maximum atomic E-state index is 5.44. The zero-order valence-corrected chi connectivity index (χ0v) is 5.83. The Hall–Kier alpha value is -1.38. The van der Waals surface area contributed by atoms with Crippen molar-refractivity contribution in [3.8, 4) is 0 Å². The summed E-state index contributed by atoms with van der Waals surface area (Å²) in [5, 5.41) is 0. The molecular weight excluding hydrogens is 126 g/mol. The zero-order valence-electron chi connectivity index (χ0n) is 5.83. The van der Waals surface area contributed by atoms with Crippen molar-refractivity contribution >= 4 is 11.9 Å². The minimum Gasteiger partial charge on any atom is -0.384 e. The number of nitrogen functional groups attached to an aromatic ring is 1. The maximum Gasteiger partial charge on any atom is 0.128 e. The van der Waals surface area contributed by atoms with E-state index < -0.39 is 0 Å². The van der Waals surface area contributed by atoms with Crippen LogP contribution in [0.3, 0.4) is 0 Å². The molecule has 0 radical (unpaired) electrons. The molecule has 0 fully saturated rings. The number of nitrogens with zero attached hydrogens (tertiary/aromatic N) is 2. The highest BCUT2D eigenvalue weighted by Gasteiger charge is 1.92. The van der Waals surface area contributed by atoms with Crippen molar-refractivity contribution < 1.29 is 0 Å². The highest BCUT2D eigenvalue weighted by Crippen LogP contribution is 2.02. The molecule has 0 amide bonds. The Bertz CT molecular complexity index is 235. The van der Waals surface area contributed by atoms with Gasteiger partial charge in [0, 0.05) is 6.07 Å². The maximum absolute atomic E-state index is 5.44. The van der Waals surface area contributed by atoms with Gasteiger partial charge in [-0.1, -0.05) is 6.58 Å². The van der Waals surface area contributed by atoms with Gasteiger partial charge in [-0.3, -0.25) is 0 Å². The van der Waals surface area contributed by atoms with Crippen LogP contribution in [0.1, 0.15) is 11.5 Å². The summed E-state index contributed by atoms with van der Waals surface area (Å²) in [6.45, 7) is 5.36. The molecule has 0 unspecified atom stereocenters. The van der Waals surface area contributed by atoms with Gasteiger partial charge in [-0.25, -0.2) is 9.97 Å². The molecule has 0 spiro atoms. The van der Waals surface area contributed by atoms with Crippen LogP contribution in [0.5, 0.6) is 0 Å². The molecule has 0 atom stereocenters. The molecule has 3 heteroatoms. The van der Waals surface area contributed by atoms with E-state index in [0.29, 0.717) is 11.6 Å². The normalized spacial score (nSPS) is 9.30. The Kier molecular flexibility index (Phi) is 1.67. The molecule has 0 aromatic carbocycles. The lowest BCUT2D eigenvalue weighted by molar-refractivity contribution is 1.05. The summed E-state index contributed by atoms with van der Waals surface area (Å²) >= 11 is 0. The van der Waals surface area contributed by atoms with E-state index >= 15 is 0 Å². The molecule has 1 heterocycles. The largest absolute Gasteiger partial charge is 0.384 e. The van der Waals surface area contributed by atoms with Gasteiger partial charge < -0.3 is 5.73 Å². The van der Waals surface area contributed by atoms with Crippen molar-refractivity contribution in [2.45, 2.75) is 6.92 Å². The van der Waals surface area contributed by atoms with Crippen LogP contribution >= 0.6 is 0 Å². The van der Waals surface area contributed by atoms with E-state index in [1.54, 1.807) is 19.1 Å². The number of aromatic nitrogens is 2. The van der Waals surface area contributed by atoms with Gasteiger partial charge in [0.2, 0.25) is 0 Å². The van der Waals surface area contributed by atoms with Crippen LogP contribution in [-0.4, -0.2) is 9.97 Å². The van der Waals surface area contributed by atoms with Crippen LogP contribution in [0.25, 0.3) is 6.08 Å². The van der Waals surface area contributed by atoms with Crippen LogP contribution in [-0.2, 0) is 0 Å². The highest BCUT2D eigenvalue weighted by molar-refractivity contribution is 5.46.